The van der Waals surface area contributed by atoms with E-state index in [0.717, 1.165) is 0 Å². The fourth-order valence-corrected chi connectivity index (χ4v) is 3.25. The average molecular weight is 372 g/mol. The minimum atomic E-state index is -3.93. The zero-order chi connectivity index (χ0) is 18.4. The van der Waals surface area contributed by atoms with Crippen molar-refractivity contribution in [2.75, 3.05) is 0 Å². The first-order chi connectivity index (χ1) is 11.8. The maximum absolute atomic E-state index is 12.4. The molecular weight excluding hydrogens is 358 g/mol. The van der Waals surface area contributed by atoms with Crippen molar-refractivity contribution in [1.82, 2.24) is 4.72 Å². The van der Waals surface area contributed by atoms with Crippen LogP contribution in [0.25, 0.3) is 0 Å². The molecule has 0 spiro atoms. The third-order valence-electron chi connectivity index (χ3n) is 3.21. The van der Waals surface area contributed by atoms with E-state index in [1.807, 2.05) is 0 Å². The van der Waals surface area contributed by atoms with Gasteiger partial charge in [0.2, 0.25) is 10.0 Å². The first kappa shape index (κ1) is 18.7. The average Bonchev–Trinajstić information content (AvgIpc) is 2.53. The van der Waals surface area contributed by atoms with Crippen LogP contribution in [0.3, 0.4) is 0 Å². The Morgan fingerprint density at radius 2 is 1.68 bits per heavy atom. The summed E-state index contributed by atoms with van der Waals surface area (Å²) in [7, 11) is -3.93. The minimum Gasteiger partial charge on any atom is -0.434 e. The van der Waals surface area contributed by atoms with Crippen LogP contribution < -0.4 is 9.46 Å². The Bertz CT molecular complexity index is 859. The van der Waals surface area contributed by atoms with Gasteiger partial charge in [-0.2, -0.15) is 8.78 Å². The highest BCUT2D eigenvalue weighted by molar-refractivity contribution is 7.88. The Kier molecular flexibility index (Phi) is 5.99. The molecule has 10 heteroatoms. The molecule has 2 rings (SSSR count). The second kappa shape index (κ2) is 7.99. The SMILES string of the molecule is O=[N+]([O-])c1ccccc1CS(=O)(=O)NCc1ccccc1OC(F)F. The molecule has 0 amide bonds. The largest absolute Gasteiger partial charge is 0.434 e. The van der Waals surface area contributed by atoms with E-state index in [2.05, 4.69) is 9.46 Å². The molecule has 0 bridgehead atoms. The second-order valence-corrected chi connectivity index (χ2v) is 6.76. The molecule has 134 valence electrons. The summed E-state index contributed by atoms with van der Waals surface area (Å²) < 4.78 is 55.6. The van der Waals surface area contributed by atoms with Crippen LogP contribution in [0.15, 0.2) is 48.5 Å². The summed E-state index contributed by atoms with van der Waals surface area (Å²) in [4.78, 5) is 10.3. The Labute approximate surface area is 142 Å². The van der Waals surface area contributed by atoms with E-state index in [0.29, 0.717) is 0 Å². The van der Waals surface area contributed by atoms with Crippen molar-refractivity contribution in [2.45, 2.75) is 18.9 Å². The van der Waals surface area contributed by atoms with Crippen molar-refractivity contribution in [3.8, 4) is 5.75 Å². The number of ether oxygens (including phenoxy) is 1. The van der Waals surface area contributed by atoms with Gasteiger partial charge in [-0.25, -0.2) is 13.1 Å². The highest BCUT2D eigenvalue weighted by Gasteiger charge is 2.20. The molecule has 0 fully saturated rings. The van der Waals surface area contributed by atoms with Crippen molar-refractivity contribution in [1.29, 1.82) is 0 Å². The predicted octanol–water partition coefficient (Wildman–Crippen LogP) is 2.82. The molecule has 0 atom stereocenters. The van der Waals surface area contributed by atoms with Gasteiger partial charge in [0.25, 0.3) is 5.69 Å². The molecule has 0 heterocycles. The molecule has 2 aromatic rings. The molecule has 0 unspecified atom stereocenters. The highest BCUT2D eigenvalue weighted by Crippen LogP contribution is 2.22. The van der Waals surface area contributed by atoms with Crippen LogP contribution in [0, 0.1) is 10.1 Å². The Hall–Kier alpha value is -2.59. The number of rotatable bonds is 8. The van der Waals surface area contributed by atoms with Crippen LogP contribution in [0.4, 0.5) is 14.5 Å². The van der Waals surface area contributed by atoms with E-state index < -0.39 is 27.3 Å². The predicted molar refractivity (Wildman–Crippen MR) is 85.6 cm³/mol. The van der Waals surface area contributed by atoms with Crippen LogP contribution in [-0.2, 0) is 22.3 Å². The maximum Gasteiger partial charge on any atom is 0.387 e. The minimum absolute atomic E-state index is 0.0251. The lowest BCUT2D eigenvalue weighted by Gasteiger charge is -2.12. The van der Waals surface area contributed by atoms with Crippen LogP contribution >= 0.6 is 0 Å². The maximum atomic E-state index is 12.4. The molecule has 25 heavy (non-hydrogen) atoms. The summed E-state index contributed by atoms with van der Waals surface area (Å²) in [6, 6.07) is 11.2. The van der Waals surface area contributed by atoms with Gasteiger partial charge < -0.3 is 4.74 Å². The number of alkyl halides is 2. The monoisotopic (exact) mass is 372 g/mol. The molecule has 2 aromatic carbocycles. The topological polar surface area (TPSA) is 98.5 Å². The molecule has 0 saturated heterocycles. The zero-order valence-corrected chi connectivity index (χ0v) is 13.6. The van der Waals surface area contributed by atoms with Crippen LogP contribution in [-0.4, -0.2) is 20.0 Å². The smallest absolute Gasteiger partial charge is 0.387 e. The van der Waals surface area contributed by atoms with Gasteiger partial charge in [0.15, 0.2) is 0 Å². The van der Waals surface area contributed by atoms with Gasteiger partial charge in [0, 0.05) is 23.7 Å². The van der Waals surface area contributed by atoms with Gasteiger partial charge in [0.05, 0.1) is 10.7 Å². The van der Waals surface area contributed by atoms with Crippen LogP contribution in [0.1, 0.15) is 11.1 Å². The molecule has 7 nitrogen and oxygen atoms in total. The number of para-hydroxylation sites is 2. The third kappa shape index (κ3) is 5.47. The van der Waals surface area contributed by atoms with E-state index >= 15 is 0 Å². The van der Waals surface area contributed by atoms with E-state index in [-0.39, 0.29) is 29.1 Å². The number of hydrogen-bond acceptors (Lipinski definition) is 5. The fraction of sp³-hybridized carbons (Fsp3) is 0.200. The Morgan fingerprint density at radius 1 is 1.08 bits per heavy atom. The highest BCUT2D eigenvalue weighted by atomic mass is 32.2. The summed E-state index contributed by atoms with van der Waals surface area (Å²) in [5, 5.41) is 10.9. The number of nitro benzene ring substituents is 1. The number of nitrogens with zero attached hydrogens (tertiary/aromatic N) is 1. The van der Waals surface area contributed by atoms with Crippen LogP contribution in [0.2, 0.25) is 0 Å². The molecule has 0 aliphatic rings. The summed E-state index contributed by atoms with van der Waals surface area (Å²) in [6.07, 6.45) is 0. The van der Waals surface area contributed by atoms with Gasteiger partial charge in [0.1, 0.15) is 5.75 Å². The van der Waals surface area contributed by atoms with Crippen molar-refractivity contribution in [2.24, 2.45) is 0 Å². The second-order valence-electron chi connectivity index (χ2n) is 4.95. The quantitative estimate of drug-likeness (QED) is 0.567. The van der Waals surface area contributed by atoms with Crippen molar-refractivity contribution in [3.05, 3.63) is 69.8 Å². The number of nitrogens with one attached hydrogen (secondary N) is 1. The molecular formula is C15H14F2N2O5S. The summed E-state index contributed by atoms with van der Waals surface area (Å²) in [5.41, 5.74) is -0.0691. The first-order valence-corrected chi connectivity index (χ1v) is 8.66. The fourth-order valence-electron chi connectivity index (χ4n) is 2.12. The van der Waals surface area contributed by atoms with Crippen molar-refractivity contribution < 1.29 is 26.9 Å². The standard InChI is InChI=1S/C15H14F2N2O5S/c16-15(17)24-14-8-4-2-5-11(14)9-18-25(22,23)10-12-6-1-3-7-13(12)19(20)21/h1-8,15,18H,9-10H2. The normalized spacial score (nSPS) is 11.5. The van der Waals surface area contributed by atoms with E-state index in [9.17, 15) is 27.3 Å². The van der Waals surface area contributed by atoms with Gasteiger partial charge in [-0.3, -0.25) is 10.1 Å². The molecule has 0 aromatic heterocycles. The molecule has 0 aliphatic carbocycles. The van der Waals surface area contributed by atoms with Gasteiger partial charge in [-0.15, -0.1) is 0 Å². The lowest BCUT2D eigenvalue weighted by molar-refractivity contribution is -0.385. The third-order valence-corrected chi connectivity index (χ3v) is 4.48. The zero-order valence-electron chi connectivity index (χ0n) is 12.8. The number of halogens is 2. The van der Waals surface area contributed by atoms with Gasteiger partial charge in [-0.05, 0) is 6.07 Å². The lowest BCUT2D eigenvalue weighted by Crippen LogP contribution is -2.25. The van der Waals surface area contributed by atoms with E-state index in [1.165, 1.54) is 42.5 Å². The Balaban J connectivity index is 2.12. The summed E-state index contributed by atoms with van der Waals surface area (Å²) in [6.45, 7) is -3.32. The molecule has 0 aliphatic heterocycles. The number of hydrogen-bond donors (Lipinski definition) is 1. The number of nitro groups is 1. The number of benzene rings is 2. The Morgan fingerprint density at radius 3 is 2.32 bits per heavy atom. The van der Waals surface area contributed by atoms with Gasteiger partial charge in [-0.1, -0.05) is 36.4 Å². The molecule has 0 radical (unpaired) electrons. The molecule has 0 saturated carbocycles. The van der Waals surface area contributed by atoms with Crippen molar-refractivity contribution in [3.63, 3.8) is 0 Å². The van der Waals surface area contributed by atoms with E-state index in [4.69, 9.17) is 0 Å². The lowest BCUT2D eigenvalue weighted by atomic mass is 10.2. The summed E-state index contributed by atoms with van der Waals surface area (Å²) in [5.74, 6) is -0.756. The summed E-state index contributed by atoms with van der Waals surface area (Å²) >= 11 is 0. The molecule has 1 N–H and O–H groups in total. The van der Waals surface area contributed by atoms with Crippen molar-refractivity contribution >= 4 is 15.7 Å². The van der Waals surface area contributed by atoms with Crippen LogP contribution in [0.5, 0.6) is 5.75 Å². The van der Waals surface area contributed by atoms with E-state index in [1.54, 1.807) is 6.07 Å². The first-order valence-electron chi connectivity index (χ1n) is 7.01. The number of sulfonamides is 1. The van der Waals surface area contributed by atoms with Gasteiger partial charge >= 0.3 is 6.61 Å².